The fourth-order valence-electron chi connectivity index (χ4n) is 2.63. The Labute approximate surface area is 103 Å². The van der Waals surface area contributed by atoms with Crippen LogP contribution in [0.15, 0.2) is 18.2 Å². The molecule has 3 heterocycles. The largest absolute Gasteiger partial charge is 0.353 e. The molecule has 2 fully saturated rings. The monoisotopic (exact) mass is 232 g/mol. The van der Waals surface area contributed by atoms with E-state index in [1.807, 2.05) is 0 Å². The summed E-state index contributed by atoms with van der Waals surface area (Å²) in [5.74, 6) is 1.14. The number of hydrogen-bond donors (Lipinski definition) is 1. The molecule has 17 heavy (non-hydrogen) atoms. The van der Waals surface area contributed by atoms with Gasteiger partial charge in [0.1, 0.15) is 5.82 Å². The van der Waals surface area contributed by atoms with Crippen LogP contribution >= 0.6 is 0 Å². The van der Waals surface area contributed by atoms with Crippen molar-refractivity contribution < 1.29 is 0 Å². The maximum atomic E-state index is 4.57. The molecule has 0 aromatic carbocycles. The molecule has 0 radical (unpaired) electrons. The van der Waals surface area contributed by atoms with Crippen molar-refractivity contribution in [2.75, 3.05) is 44.2 Å². The van der Waals surface area contributed by atoms with E-state index in [9.17, 15) is 0 Å². The van der Waals surface area contributed by atoms with Crippen molar-refractivity contribution in [3.8, 4) is 0 Å². The quantitative estimate of drug-likeness (QED) is 0.804. The average Bonchev–Trinajstić information content (AvgIpc) is 2.28. The van der Waals surface area contributed by atoms with Crippen molar-refractivity contribution in [1.82, 2.24) is 15.2 Å². The van der Waals surface area contributed by atoms with E-state index in [1.165, 1.54) is 13.1 Å². The topological polar surface area (TPSA) is 31.4 Å². The fourth-order valence-corrected chi connectivity index (χ4v) is 2.63. The maximum absolute atomic E-state index is 4.57. The highest BCUT2D eigenvalue weighted by Crippen LogP contribution is 2.22. The molecule has 2 aliphatic heterocycles. The van der Waals surface area contributed by atoms with E-state index in [0.717, 1.165) is 43.7 Å². The molecule has 4 nitrogen and oxygen atoms in total. The van der Waals surface area contributed by atoms with Crippen molar-refractivity contribution in [3.05, 3.63) is 23.9 Å². The minimum Gasteiger partial charge on any atom is -0.353 e. The first-order valence-corrected chi connectivity index (χ1v) is 6.46. The normalized spacial score (nSPS) is 22.5. The lowest BCUT2D eigenvalue weighted by Gasteiger charge is -2.47. The minimum absolute atomic E-state index is 0.736. The molecule has 92 valence electrons. The van der Waals surface area contributed by atoms with Gasteiger partial charge < -0.3 is 10.2 Å². The van der Waals surface area contributed by atoms with Gasteiger partial charge in [0.25, 0.3) is 0 Å². The van der Waals surface area contributed by atoms with Gasteiger partial charge in [0.2, 0.25) is 0 Å². The molecule has 0 saturated carbocycles. The lowest BCUT2D eigenvalue weighted by Crippen LogP contribution is -2.63. The molecule has 0 atom stereocenters. The summed E-state index contributed by atoms with van der Waals surface area (Å²) < 4.78 is 0. The Morgan fingerprint density at radius 3 is 2.71 bits per heavy atom. The van der Waals surface area contributed by atoms with E-state index in [2.05, 4.69) is 45.2 Å². The van der Waals surface area contributed by atoms with Gasteiger partial charge in [0.05, 0.1) is 0 Å². The molecule has 3 rings (SSSR count). The zero-order chi connectivity index (χ0) is 11.7. The van der Waals surface area contributed by atoms with Crippen LogP contribution in [0.25, 0.3) is 0 Å². The van der Waals surface area contributed by atoms with Crippen molar-refractivity contribution in [2.24, 2.45) is 0 Å². The van der Waals surface area contributed by atoms with Crippen LogP contribution in [0.1, 0.15) is 5.69 Å². The number of aryl methyl sites for hydroxylation is 1. The smallest absolute Gasteiger partial charge is 0.128 e. The third-order valence-corrected chi connectivity index (χ3v) is 3.73. The second kappa shape index (κ2) is 4.63. The molecule has 0 bridgehead atoms. The fraction of sp³-hybridized carbons (Fsp3) is 0.615. The second-order valence-electron chi connectivity index (χ2n) is 4.98. The number of nitrogens with zero attached hydrogens (tertiary/aromatic N) is 3. The zero-order valence-electron chi connectivity index (χ0n) is 10.4. The molecule has 0 aliphatic carbocycles. The van der Waals surface area contributed by atoms with Crippen LogP contribution in [0, 0.1) is 6.92 Å². The molecule has 0 spiro atoms. The average molecular weight is 232 g/mol. The standard InChI is InChI=1S/C13H20N4/c1-11-3-2-4-13(15-11)17-9-12(10-17)16-7-5-14-6-8-16/h2-4,12,14H,5-10H2,1H3. The third-order valence-electron chi connectivity index (χ3n) is 3.73. The van der Waals surface area contributed by atoms with E-state index in [-0.39, 0.29) is 0 Å². The van der Waals surface area contributed by atoms with Gasteiger partial charge in [-0.15, -0.1) is 0 Å². The summed E-state index contributed by atoms with van der Waals surface area (Å²) in [7, 11) is 0. The lowest BCUT2D eigenvalue weighted by atomic mass is 10.1. The number of piperazine rings is 1. The number of nitrogens with one attached hydrogen (secondary N) is 1. The van der Waals surface area contributed by atoms with Gasteiger partial charge in [-0.2, -0.15) is 0 Å². The predicted molar refractivity (Wildman–Crippen MR) is 69.4 cm³/mol. The molecule has 1 N–H and O–H groups in total. The van der Waals surface area contributed by atoms with Gasteiger partial charge >= 0.3 is 0 Å². The number of anilines is 1. The summed E-state index contributed by atoms with van der Waals surface area (Å²) >= 11 is 0. The van der Waals surface area contributed by atoms with E-state index >= 15 is 0 Å². The highest BCUT2D eigenvalue weighted by atomic mass is 15.3. The molecule has 1 aromatic heterocycles. The van der Waals surface area contributed by atoms with Crippen molar-refractivity contribution in [3.63, 3.8) is 0 Å². The van der Waals surface area contributed by atoms with Crippen molar-refractivity contribution >= 4 is 5.82 Å². The van der Waals surface area contributed by atoms with Crippen molar-refractivity contribution in [2.45, 2.75) is 13.0 Å². The molecule has 1 aromatic rings. The Morgan fingerprint density at radius 1 is 1.24 bits per heavy atom. The van der Waals surface area contributed by atoms with E-state index in [1.54, 1.807) is 0 Å². The van der Waals surface area contributed by atoms with Gasteiger partial charge in [-0.3, -0.25) is 4.90 Å². The summed E-state index contributed by atoms with van der Waals surface area (Å²) in [4.78, 5) is 9.54. The summed E-state index contributed by atoms with van der Waals surface area (Å²) in [5, 5.41) is 3.40. The molecule has 4 heteroatoms. The van der Waals surface area contributed by atoms with Crippen LogP contribution in [0.2, 0.25) is 0 Å². The summed E-state index contributed by atoms with van der Waals surface area (Å²) in [6.07, 6.45) is 0. The van der Waals surface area contributed by atoms with Gasteiger partial charge in [-0.05, 0) is 19.1 Å². The number of hydrogen-bond acceptors (Lipinski definition) is 4. The van der Waals surface area contributed by atoms with Crippen LogP contribution < -0.4 is 10.2 Å². The van der Waals surface area contributed by atoms with Gasteiger partial charge in [0.15, 0.2) is 0 Å². The van der Waals surface area contributed by atoms with Crippen LogP contribution in [-0.2, 0) is 0 Å². The molecular formula is C13H20N4. The Hall–Kier alpha value is -1.13. The van der Waals surface area contributed by atoms with Gasteiger partial charge in [-0.1, -0.05) is 6.07 Å². The summed E-state index contributed by atoms with van der Waals surface area (Å²) in [5.41, 5.74) is 1.10. The Morgan fingerprint density at radius 2 is 2.00 bits per heavy atom. The maximum Gasteiger partial charge on any atom is 0.128 e. The van der Waals surface area contributed by atoms with Crippen LogP contribution in [0.5, 0.6) is 0 Å². The first-order chi connectivity index (χ1) is 8.33. The van der Waals surface area contributed by atoms with Gasteiger partial charge in [0, 0.05) is 51.0 Å². The molecule has 0 unspecified atom stereocenters. The number of aromatic nitrogens is 1. The SMILES string of the molecule is Cc1cccc(N2CC(N3CCNCC3)C2)n1. The Kier molecular flexibility index (Phi) is 2.99. The molecular weight excluding hydrogens is 212 g/mol. The summed E-state index contributed by atoms with van der Waals surface area (Å²) in [6.45, 7) is 8.99. The highest BCUT2D eigenvalue weighted by Gasteiger charge is 2.32. The third kappa shape index (κ3) is 2.28. The summed E-state index contributed by atoms with van der Waals surface area (Å²) in [6, 6.07) is 6.99. The van der Waals surface area contributed by atoms with Crippen LogP contribution in [0.3, 0.4) is 0 Å². The second-order valence-corrected chi connectivity index (χ2v) is 4.98. The van der Waals surface area contributed by atoms with Gasteiger partial charge in [-0.25, -0.2) is 4.98 Å². The van der Waals surface area contributed by atoms with Crippen molar-refractivity contribution in [1.29, 1.82) is 0 Å². The first-order valence-electron chi connectivity index (χ1n) is 6.46. The zero-order valence-corrected chi connectivity index (χ0v) is 10.4. The predicted octanol–water partition coefficient (Wildman–Crippen LogP) is 0.484. The minimum atomic E-state index is 0.736. The van der Waals surface area contributed by atoms with Crippen LogP contribution in [-0.4, -0.2) is 55.2 Å². The number of pyridine rings is 1. The lowest BCUT2D eigenvalue weighted by molar-refractivity contribution is 0.147. The first kappa shape index (κ1) is 11.0. The molecule has 0 amide bonds. The highest BCUT2D eigenvalue weighted by molar-refractivity contribution is 5.43. The van der Waals surface area contributed by atoms with E-state index in [4.69, 9.17) is 0 Å². The Bertz CT molecular complexity index is 381. The van der Waals surface area contributed by atoms with E-state index in [0.29, 0.717) is 0 Å². The van der Waals surface area contributed by atoms with E-state index < -0.39 is 0 Å². The number of rotatable bonds is 2. The molecule has 2 saturated heterocycles. The Balaban J connectivity index is 1.57. The van der Waals surface area contributed by atoms with Crippen LogP contribution in [0.4, 0.5) is 5.82 Å². The molecule has 2 aliphatic rings.